The third-order valence-corrected chi connectivity index (χ3v) is 5.33. The Morgan fingerprint density at radius 2 is 1.54 bits per heavy atom. The highest BCUT2D eigenvalue weighted by Gasteiger charge is 2.53. The van der Waals surface area contributed by atoms with Crippen LogP contribution in [0.1, 0.15) is 5.56 Å². The summed E-state index contributed by atoms with van der Waals surface area (Å²) >= 11 is 0. The average molecular weight is 365 g/mol. The molecule has 0 saturated heterocycles. The molecule has 3 aromatic carbocycles. The quantitative estimate of drug-likeness (QED) is 0.540. The number of amides is 1. The van der Waals surface area contributed by atoms with Gasteiger partial charge >= 0.3 is 0 Å². The van der Waals surface area contributed by atoms with Crippen LogP contribution in [-0.2, 0) is 10.5 Å². The molecule has 0 radical (unpaired) electrons. The number of nitrogens with zero attached hydrogens (tertiary/aromatic N) is 3. The molecule has 2 aliphatic heterocycles. The van der Waals surface area contributed by atoms with Gasteiger partial charge in [-0.15, -0.1) is 5.10 Å². The van der Waals surface area contributed by atoms with Gasteiger partial charge in [0.25, 0.3) is 5.91 Å². The van der Waals surface area contributed by atoms with Crippen LogP contribution in [0.15, 0.2) is 78.9 Å². The number of carbonyl (C=O) groups is 1. The second kappa shape index (κ2) is 5.29. The smallest absolute Gasteiger partial charge is 0.278 e. The number of rotatable bonds is 1. The van der Waals surface area contributed by atoms with Gasteiger partial charge in [0.2, 0.25) is 5.66 Å². The van der Waals surface area contributed by atoms with Crippen LogP contribution in [0.25, 0.3) is 22.8 Å². The van der Waals surface area contributed by atoms with E-state index in [9.17, 15) is 4.79 Å². The lowest BCUT2D eigenvalue weighted by Gasteiger charge is -2.35. The summed E-state index contributed by atoms with van der Waals surface area (Å²) in [5, 5.41) is 11.2. The maximum absolute atomic E-state index is 13.3. The largest absolute Gasteiger partial charge is 0.349 e. The normalized spacial score (nSPS) is 18.8. The predicted octanol–water partition coefficient (Wildman–Crippen LogP) is 3.69. The van der Waals surface area contributed by atoms with Crippen LogP contribution in [0, 0.1) is 0 Å². The molecule has 0 bridgehead atoms. The molecule has 4 aromatic rings. The summed E-state index contributed by atoms with van der Waals surface area (Å²) in [7, 11) is 0. The molecule has 1 atom stereocenters. The highest BCUT2D eigenvalue weighted by molar-refractivity contribution is 6.09. The Morgan fingerprint density at radius 3 is 2.39 bits per heavy atom. The molecule has 1 amide bonds. The van der Waals surface area contributed by atoms with E-state index in [1.54, 1.807) is 4.68 Å². The molecule has 6 heteroatoms. The Bertz CT molecular complexity index is 1250. The highest BCUT2D eigenvalue weighted by atomic mass is 16.2. The SMILES string of the molecule is O=C1Nc2ccccc2[C@@]12Nc1ccccc1-c1nc(-c3ccccc3)nn12. The van der Waals surface area contributed by atoms with Crippen LogP contribution in [-0.4, -0.2) is 20.7 Å². The van der Waals surface area contributed by atoms with Crippen LogP contribution >= 0.6 is 0 Å². The summed E-state index contributed by atoms with van der Waals surface area (Å²) < 4.78 is 1.72. The van der Waals surface area contributed by atoms with Gasteiger partial charge in [0, 0.05) is 28.1 Å². The molecule has 6 nitrogen and oxygen atoms in total. The van der Waals surface area contributed by atoms with Gasteiger partial charge in [-0.2, -0.15) is 0 Å². The van der Waals surface area contributed by atoms with Crippen molar-refractivity contribution in [2.75, 3.05) is 10.6 Å². The van der Waals surface area contributed by atoms with E-state index in [2.05, 4.69) is 10.6 Å². The van der Waals surface area contributed by atoms with Gasteiger partial charge in [-0.25, -0.2) is 9.67 Å². The van der Waals surface area contributed by atoms with E-state index < -0.39 is 5.66 Å². The van der Waals surface area contributed by atoms with Crippen LogP contribution in [0.3, 0.4) is 0 Å². The fourth-order valence-electron chi connectivity index (χ4n) is 4.04. The topological polar surface area (TPSA) is 71.8 Å². The minimum absolute atomic E-state index is 0.172. The van der Waals surface area contributed by atoms with E-state index in [1.165, 1.54) is 0 Å². The number of hydrogen-bond donors (Lipinski definition) is 2. The first-order valence-corrected chi connectivity index (χ1v) is 9.09. The minimum atomic E-state index is -1.17. The molecule has 2 N–H and O–H groups in total. The number of nitrogens with one attached hydrogen (secondary N) is 2. The fraction of sp³-hybridized carbons (Fsp3) is 0.0455. The lowest BCUT2D eigenvalue weighted by Crippen LogP contribution is -2.51. The monoisotopic (exact) mass is 365 g/mol. The fourth-order valence-corrected chi connectivity index (χ4v) is 4.04. The van der Waals surface area contributed by atoms with Crippen LogP contribution in [0.4, 0.5) is 11.4 Å². The van der Waals surface area contributed by atoms with E-state index in [0.29, 0.717) is 11.6 Å². The van der Waals surface area contributed by atoms with Crippen molar-refractivity contribution in [1.82, 2.24) is 14.8 Å². The van der Waals surface area contributed by atoms with E-state index in [0.717, 1.165) is 28.1 Å². The van der Waals surface area contributed by atoms with Gasteiger partial charge in [-0.1, -0.05) is 60.7 Å². The first-order valence-electron chi connectivity index (χ1n) is 9.09. The van der Waals surface area contributed by atoms with Gasteiger partial charge in [0.05, 0.1) is 0 Å². The van der Waals surface area contributed by atoms with E-state index in [-0.39, 0.29) is 5.91 Å². The first kappa shape index (κ1) is 15.2. The third kappa shape index (κ3) is 1.84. The minimum Gasteiger partial charge on any atom is -0.349 e. The van der Waals surface area contributed by atoms with E-state index in [1.807, 2.05) is 78.9 Å². The Hall–Kier alpha value is -3.93. The number of aromatic nitrogens is 3. The van der Waals surface area contributed by atoms with E-state index >= 15 is 0 Å². The van der Waals surface area contributed by atoms with Gasteiger partial charge in [0.15, 0.2) is 11.6 Å². The predicted molar refractivity (Wildman–Crippen MR) is 107 cm³/mol. The molecule has 134 valence electrons. The maximum atomic E-state index is 13.3. The van der Waals surface area contributed by atoms with Crippen molar-refractivity contribution in [3.05, 3.63) is 84.4 Å². The van der Waals surface area contributed by atoms with Gasteiger partial charge in [0.1, 0.15) is 0 Å². The molecular formula is C22H15N5O. The summed E-state index contributed by atoms with van der Waals surface area (Å²) in [6.07, 6.45) is 0. The van der Waals surface area contributed by atoms with Gasteiger partial charge in [-0.05, 0) is 18.2 Å². The zero-order chi connectivity index (χ0) is 18.7. The standard InChI is InChI=1S/C22H15N5O/c28-21-22(16-11-5-7-13-18(16)23-21)25-17-12-6-4-10-15(17)20-24-19(26-27(20)22)14-8-2-1-3-9-14/h1-13,25H,(H,23,28)/t22-/m0/s1. The number of carbonyl (C=O) groups excluding carboxylic acids is 1. The van der Waals surface area contributed by atoms with Crippen molar-refractivity contribution >= 4 is 17.3 Å². The van der Waals surface area contributed by atoms with Crippen molar-refractivity contribution in [3.63, 3.8) is 0 Å². The second-order valence-electron chi connectivity index (χ2n) is 6.92. The summed E-state index contributed by atoms with van der Waals surface area (Å²) in [6.45, 7) is 0. The molecule has 0 saturated carbocycles. The Kier molecular flexibility index (Phi) is 2.87. The maximum Gasteiger partial charge on any atom is 0.278 e. The van der Waals surface area contributed by atoms with Crippen LogP contribution in [0.2, 0.25) is 0 Å². The molecular weight excluding hydrogens is 350 g/mol. The Morgan fingerprint density at radius 1 is 0.821 bits per heavy atom. The molecule has 1 aromatic heterocycles. The lowest BCUT2D eigenvalue weighted by molar-refractivity contribution is -0.121. The molecule has 28 heavy (non-hydrogen) atoms. The van der Waals surface area contributed by atoms with Crippen LogP contribution < -0.4 is 10.6 Å². The summed E-state index contributed by atoms with van der Waals surface area (Å²) in [4.78, 5) is 18.1. The molecule has 1 spiro atoms. The Labute approximate surface area is 160 Å². The van der Waals surface area contributed by atoms with Gasteiger partial charge < -0.3 is 10.6 Å². The number of hydrogen-bond acceptors (Lipinski definition) is 4. The number of benzene rings is 3. The van der Waals surface area contributed by atoms with Crippen molar-refractivity contribution in [2.24, 2.45) is 0 Å². The molecule has 6 rings (SSSR count). The van der Waals surface area contributed by atoms with Crippen molar-refractivity contribution in [2.45, 2.75) is 5.66 Å². The van der Waals surface area contributed by atoms with Crippen molar-refractivity contribution in [1.29, 1.82) is 0 Å². The zero-order valence-electron chi connectivity index (χ0n) is 14.8. The van der Waals surface area contributed by atoms with Crippen molar-refractivity contribution < 1.29 is 4.79 Å². The molecule has 2 aliphatic rings. The molecule has 0 fully saturated rings. The molecule has 0 aliphatic carbocycles. The second-order valence-corrected chi connectivity index (χ2v) is 6.92. The molecule has 3 heterocycles. The number of para-hydroxylation sites is 2. The highest BCUT2D eigenvalue weighted by Crippen LogP contribution is 2.46. The van der Waals surface area contributed by atoms with E-state index in [4.69, 9.17) is 10.1 Å². The summed E-state index contributed by atoms with van der Waals surface area (Å²) in [5.41, 5.74) is 3.13. The number of anilines is 2. The van der Waals surface area contributed by atoms with Crippen LogP contribution in [0.5, 0.6) is 0 Å². The number of fused-ring (bicyclic) bond motifs is 6. The zero-order valence-corrected chi connectivity index (χ0v) is 14.8. The third-order valence-electron chi connectivity index (χ3n) is 5.33. The summed E-state index contributed by atoms with van der Waals surface area (Å²) in [5.74, 6) is 1.08. The molecule has 0 unspecified atom stereocenters. The van der Waals surface area contributed by atoms with Crippen molar-refractivity contribution in [3.8, 4) is 22.8 Å². The summed E-state index contributed by atoms with van der Waals surface area (Å²) in [6, 6.07) is 25.3. The first-order chi connectivity index (χ1) is 13.8. The lowest BCUT2D eigenvalue weighted by atomic mass is 9.96. The van der Waals surface area contributed by atoms with Gasteiger partial charge in [-0.3, -0.25) is 4.79 Å². The Balaban J connectivity index is 1.68. The average Bonchev–Trinajstić information content (AvgIpc) is 3.30.